The second-order valence-electron chi connectivity index (χ2n) is 20.2. The van der Waals surface area contributed by atoms with Crippen LogP contribution in [0, 0.1) is 6.92 Å². The molecule has 0 saturated heterocycles. The van der Waals surface area contributed by atoms with Gasteiger partial charge < -0.3 is 14.1 Å². The van der Waals surface area contributed by atoms with E-state index in [1.54, 1.807) is 5.56 Å². The molecule has 3 aliphatic heterocycles. The van der Waals surface area contributed by atoms with E-state index in [9.17, 15) is 0 Å². The summed E-state index contributed by atoms with van der Waals surface area (Å²) in [5, 5.41) is 2.33. The van der Waals surface area contributed by atoms with Crippen LogP contribution >= 0.6 is 0 Å². The van der Waals surface area contributed by atoms with Crippen molar-refractivity contribution in [2.24, 2.45) is 0 Å². The summed E-state index contributed by atoms with van der Waals surface area (Å²) in [7, 11) is 0. The van der Waals surface area contributed by atoms with Crippen LogP contribution in [-0.2, 0) is 16.2 Å². The maximum absolute atomic E-state index is 7.11. The summed E-state index contributed by atoms with van der Waals surface area (Å²) in [6.45, 7) is 21.7. The van der Waals surface area contributed by atoms with Crippen LogP contribution in [0.3, 0.4) is 0 Å². The maximum atomic E-state index is 7.11. The highest BCUT2D eigenvalue weighted by Crippen LogP contribution is 2.64. The van der Waals surface area contributed by atoms with Gasteiger partial charge in [-0.05, 0) is 112 Å². The Morgan fingerprint density at radius 3 is 2.12 bits per heavy atom. The third kappa shape index (κ3) is 4.62. The lowest BCUT2D eigenvalue weighted by atomic mass is 9.42. The van der Waals surface area contributed by atoms with Gasteiger partial charge in [0.05, 0.1) is 11.4 Å². The largest absolute Gasteiger partial charge is 0.454 e. The molecule has 0 spiro atoms. The van der Waals surface area contributed by atoms with E-state index in [4.69, 9.17) is 4.42 Å². The molecule has 1 aliphatic carbocycles. The summed E-state index contributed by atoms with van der Waals surface area (Å²) in [5.41, 5.74) is 20.5. The molecule has 11 rings (SSSR count). The molecule has 0 N–H and O–H groups in total. The van der Waals surface area contributed by atoms with E-state index >= 15 is 0 Å². The third-order valence-electron chi connectivity index (χ3n) is 14.7. The molecule has 4 heteroatoms. The Balaban J connectivity index is 1.31. The number of hydrogen-bond donors (Lipinski definition) is 0. The fourth-order valence-corrected chi connectivity index (χ4v) is 11.5. The predicted octanol–water partition coefficient (Wildman–Crippen LogP) is 13.1. The van der Waals surface area contributed by atoms with Gasteiger partial charge in [-0.15, -0.1) is 0 Å². The van der Waals surface area contributed by atoms with E-state index in [1.165, 1.54) is 104 Å². The number of hydrogen-bond acceptors (Lipinski definition) is 3. The van der Waals surface area contributed by atoms with Gasteiger partial charge in [0.25, 0.3) is 0 Å². The molecule has 0 bridgehead atoms. The number of benzene rings is 6. The first-order chi connectivity index (χ1) is 27.2. The lowest BCUT2D eigenvalue weighted by molar-refractivity contribution is 0.199. The van der Waals surface area contributed by atoms with E-state index in [1.807, 2.05) is 0 Å². The Morgan fingerprint density at radius 1 is 0.632 bits per heavy atom. The third-order valence-corrected chi connectivity index (χ3v) is 14.7. The first-order valence-corrected chi connectivity index (χ1v) is 21.3. The summed E-state index contributed by atoms with van der Waals surface area (Å²) in [4.78, 5) is 5.55. The van der Waals surface area contributed by atoms with Crippen molar-refractivity contribution >= 4 is 62.5 Å². The molecule has 57 heavy (non-hydrogen) atoms. The van der Waals surface area contributed by atoms with Crippen LogP contribution < -0.4 is 20.6 Å². The van der Waals surface area contributed by atoms with Crippen molar-refractivity contribution in [3.8, 4) is 22.3 Å². The number of rotatable bonds is 2. The molecule has 2 unspecified atom stereocenters. The summed E-state index contributed by atoms with van der Waals surface area (Å²) in [5.74, 6) is 0. The van der Waals surface area contributed by atoms with Crippen LogP contribution in [0.5, 0.6) is 0 Å². The van der Waals surface area contributed by atoms with Crippen LogP contribution in [0.2, 0.25) is 0 Å². The van der Waals surface area contributed by atoms with E-state index < -0.39 is 0 Å². The number of anilines is 4. The van der Waals surface area contributed by atoms with E-state index in [0.717, 1.165) is 16.6 Å². The van der Waals surface area contributed by atoms with Gasteiger partial charge in [0.1, 0.15) is 5.58 Å². The zero-order valence-electron chi connectivity index (χ0n) is 35.1. The molecule has 4 heterocycles. The molecule has 1 saturated carbocycles. The maximum Gasteiger partial charge on any atom is 0.329 e. The smallest absolute Gasteiger partial charge is 0.329 e. The highest BCUT2D eigenvalue weighted by atomic mass is 16.3. The number of furan rings is 1. The standard InChI is InChI=1S/C53H53BN2O/c1-32-27-39-40-30-35(51(5,6)7)31-41-47(40)56(53(9)26-16-15-25-52(41,53)8)54-42-23-22-37-36-19-13-14-20-45(36)57-49(37)48(42)55(44(28-32)46(39)54)43-24-21-34(50(2,3)4)29-38(43)33-17-11-10-12-18-33/h10-14,17-24,27-31H,15-16,25-26H2,1-9H3. The molecule has 0 radical (unpaired) electrons. The van der Waals surface area contributed by atoms with Gasteiger partial charge in [0.15, 0.2) is 5.58 Å². The van der Waals surface area contributed by atoms with Crippen LogP contribution in [0.4, 0.5) is 22.7 Å². The Kier molecular flexibility index (Phi) is 7.04. The lowest BCUT2D eigenvalue weighted by Gasteiger charge is -2.55. The molecule has 284 valence electrons. The first-order valence-electron chi connectivity index (χ1n) is 21.3. The van der Waals surface area contributed by atoms with Gasteiger partial charge in [-0.1, -0.05) is 140 Å². The van der Waals surface area contributed by atoms with Gasteiger partial charge in [-0.2, -0.15) is 0 Å². The second-order valence-corrected chi connectivity index (χ2v) is 20.2. The number of aryl methyl sites for hydroxylation is 1. The minimum atomic E-state index is -0.0603. The first kappa shape index (κ1) is 35.0. The van der Waals surface area contributed by atoms with Gasteiger partial charge in [0.2, 0.25) is 0 Å². The van der Waals surface area contributed by atoms with Crippen LogP contribution in [0.1, 0.15) is 103 Å². The molecule has 1 fully saturated rings. The fraction of sp³-hybridized carbons (Fsp3) is 0.321. The predicted molar refractivity (Wildman–Crippen MR) is 243 cm³/mol. The van der Waals surface area contributed by atoms with Crippen LogP contribution in [-0.4, -0.2) is 12.4 Å². The second kappa shape index (κ2) is 11.5. The molecular formula is C53H53BN2O. The monoisotopic (exact) mass is 744 g/mol. The van der Waals surface area contributed by atoms with Crippen molar-refractivity contribution in [2.75, 3.05) is 9.71 Å². The lowest BCUT2D eigenvalue weighted by Crippen LogP contribution is -2.70. The van der Waals surface area contributed by atoms with Gasteiger partial charge >= 0.3 is 6.85 Å². The summed E-state index contributed by atoms with van der Waals surface area (Å²) < 4.78 is 7.11. The molecule has 7 aromatic rings. The van der Waals surface area contributed by atoms with E-state index in [0.29, 0.717) is 0 Å². The Hall–Kier alpha value is -5.22. The molecule has 2 atom stereocenters. The van der Waals surface area contributed by atoms with Crippen molar-refractivity contribution in [3.63, 3.8) is 0 Å². The highest BCUT2D eigenvalue weighted by Gasteiger charge is 2.63. The number of fused-ring (bicyclic) bond motifs is 11. The molecular weight excluding hydrogens is 691 g/mol. The van der Waals surface area contributed by atoms with E-state index in [-0.39, 0.29) is 28.6 Å². The molecule has 0 amide bonds. The Bertz CT molecular complexity index is 2840. The van der Waals surface area contributed by atoms with Crippen molar-refractivity contribution in [1.82, 2.24) is 0 Å². The van der Waals surface area contributed by atoms with Gasteiger partial charge in [-0.3, -0.25) is 0 Å². The summed E-state index contributed by atoms with van der Waals surface area (Å²) in [6.07, 6.45) is 4.90. The zero-order chi connectivity index (χ0) is 39.4. The average molecular weight is 745 g/mol. The molecule has 1 aromatic heterocycles. The topological polar surface area (TPSA) is 19.6 Å². The van der Waals surface area contributed by atoms with Crippen molar-refractivity contribution < 1.29 is 4.42 Å². The summed E-state index contributed by atoms with van der Waals surface area (Å²) in [6, 6.07) is 41.8. The van der Waals surface area contributed by atoms with Crippen molar-refractivity contribution in [3.05, 3.63) is 131 Å². The van der Waals surface area contributed by atoms with Crippen LogP contribution in [0.25, 0.3) is 44.2 Å². The molecule has 4 aliphatic rings. The SMILES string of the molecule is Cc1cc2c3c(c1)N(c1ccc(C(C)(C)C)cc1-c1ccccc1)c1c(ccc4c1oc1ccccc14)B3N1c3c-2cc(C(C)(C)C)cc3C2(C)CCCCC12C. The molecule has 6 aromatic carbocycles. The van der Waals surface area contributed by atoms with E-state index in [2.05, 4.69) is 181 Å². The molecule has 3 nitrogen and oxygen atoms in total. The van der Waals surface area contributed by atoms with Gasteiger partial charge in [0, 0.05) is 44.2 Å². The fourth-order valence-electron chi connectivity index (χ4n) is 11.5. The minimum absolute atomic E-state index is 0.00845. The average Bonchev–Trinajstić information content (AvgIpc) is 3.66. The van der Waals surface area contributed by atoms with Crippen molar-refractivity contribution in [2.45, 2.75) is 110 Å². The normalized spacial score (nSPS) is 20.8. The number of para-hydroxylation sites is 1. The quantitative estimate of drug-likeness (QED) is 0.164. The number of nitrogens with zero attached hydrogens (tertiary/aromatic N) is 2. The zero-order valence-corrected chi connectivity index (χ0v) is 35.1. The highest BCUT2D eigenvalue weighted by molar-refractivity contribution is 6.93. The minimum Gasteiger partial charge on any atom is -0.454 e. The Labute approximate surface area is 338 Å². The Morgan fingerprint density at radius 2 is 1.35 bits per heavy atom. The van der Waals surface area contributed by atoms with Gasteiger partial charge in [-0.25, -0.2) is 0 Å². The van der Waals surface area contributed by atoms with Crippen LogP contribution in [0.15, 0.2) is 114 Å². The summed E-state index contributed by atoms with van der Waals surface area (Å²) >= 11 is 0. The van der Waals surface area contributed by atoms with Crippen molar-refractivity contribution in [1.29, 1.82) is 0 Å².